The molecular weight excluding hydrogens is 228 g/mol. The van der Waals surface area contributed by atoms with Crippen LogP contribution in [0.5, 0.6) is 0 Å². The molecule has 1 amide bonds. The lowest BCUT2D eigenvalue weighted by Crippen LogP contribution is -2.46. The molecule has 5 heteroatoms. The van der Waals surface area contributed by atoms with Gasteiger partial charge in [-0.2, -0.15) is 5.10 Å². The van der Waals surface area contributed by atoms with Crippen molar-refractivity contribution < 1.29 is 4.79 Å². The molecule has 0 spiro atoms. The van der Waals surface area contributed by atoms with E-state index >= 15 is 0 Å². The fraction of sp³-hybridized carbons (Fsp3) is 0.692. The van der Waals surface area contributed by atoms with Gasteiger partial charge in [-0.05, 0) is 32.4 Å². The van der Waals surface area contributed by atoms with Gasteiger partial charge in [-0.3, -0.25) is 9.48 Å². The Morgan fingerprint density at radius 3 is 3.06 bits per heavy atom. The summed E-state index contributed by atoms with van der Waals surface area (Å²) < 4.78 is 1.68. The van der Waals surface area contributed by atoms with Crippen LogP contribution in [0.1, 0.15) is 26.2 Å². The number of carbonyl (C=O) groups is 1. The van der Waals surface area contributed by atoms with E-state index in [1.807, 2.05) is 24.1 Å². The van der Waals surface area contributed by atoms with Crippen molar-refractivity contribution in [1.29, 1.82) is 0 Å². The minimum atomic E-state index is 0.147. The Kier molecular flexibility index (Phi) is 4.75. The second-order valence-electron chi connectivity index (χ2n) is 4.78. The van der Waals surface area contributed by atoms with Gasteiger partial charge in [0, 0.05) is 31.5 Å². The van der Waals surface area contributed by atoms with Crippen molar-refractivity contribution in [1.82, 2.24) is 20.0 Å². The summed E-state index contributed by atoms with van der Waals surface area (Å²) in [5.74, 6) is 0.147. The molecule has 0 aromatic carbocycles. The molecule has 1 fully saturated rings. The van der Waals surface area contributed by atoms with Gasteiger partial charge >= 0.3 is 0 Å². The summed E-state index contributed by atoms with van der Waals surface area (Å²) in [5, 5.41) is 7.55. The van der Waals surface area contributed by atoms with E-state index in [1.165, 1.54) is 19.3 Å². The maximum absolute atomic E-state index is 12.2. The average molecular weight is 250 g/mol. The van der Waals surface area contributed by atoms with Gasteiger partial charge in [0.25, 0.3) is 0 Å². The predicted octanol–water partition coefficient (Wildman–Crippen LogP) is 0.874. The summed E-state index contributed by atoms with van der Waals surface area (Å²) in [6.07, 6.45) is 7.22. The Morgan fingerprint density at radius 2 is 2.44 bits per heavy atom. The fourth-order valence-corrected chi connectivity index (χ4v) is 2.39. The van der Waals surface area contributed by atoms with Crippen LogP contribution in [0.2, 0.25) is 0 Å². The van der Waals surface area contributed by atoms with Gasteiger partial charge in [0.1, 0.15) is 6.54 Å². The number of nitrogens with zero attached hydrogens (tertiary/aromatic N) is 3. The summed E-state index contributed by atoms with van der Waals surface area (Å²) in [6.45, 7) is 5.03. The van der Waals surface area contributed by atoms with Crippen molar-refractivity contribution in [3.8, 4) is 0 Å². The van der Waals surface area contributed by atoms with Gasteiger partial charge in [0.05, 0.1) is 0 Å². The van der Waals surface area contributed by atoms with Crippen LogP contribution in [-0.2, 0) is 11.3 Å². The number of hydrogen-bond acceptors (Lipinski definition) is 3. The van der Waals surface area contributed by atoms with Gasteiger partial charge in [-0.1, -0.05) is 6.42 Å². The van der Waals surface area contributed by atoms with Crippen LogP contribution in [0.15, 0.2) is 18.5 Å². The minimum Gasteiger partial charge on any atom is -0.340 e. The van der Waals surface area contributed by atoms with Crippen molar-refractivity contribution in [3.63, 3.8) is 0 Å². The molecule has 18 heavy (non-hydrogen) atoms. The average Bonchev–Trinajstić information content (AvgIpc) is 2.90. The Morgan fingerprint density at radius 1 is 1.56 bits per heavy atom. The van der Waals surface area contributed by atoms with Crippen LogP contribution in [0.3, 0.4) is 0 Å². The highest BCUT2D eigenvalue weighted by molar-refractivity contribution is 5.75. The monoisotopic (exact) mass is 250 g/mol. The van der Waals surface area contributed by atoms with E-state index in [-0.39, 0.29) is 5.91 Å². The van der Waals surface area contributed by atoms with E-state index in [0.29, 0.717) is 12.6 Å². The minimum absolute atomic E-state index is 0.147. The van der Waals surface area contributed by atoms with Crippen molar-refractivity contribution >= 4 is 5.91 Å². The van der Waals surface area contributed by atoms with E-state index in [2.05, 4.69) is 10.4 Å². The van der Waals surface area contributed by atoms with Crippen molar-refractivity contribution in [3.05, 3.63) is 18.5 Å². The van der Waals surface area contributed by atoms with E-state index in [4.69, 9.17) is 0 Å². The molecule has 0 bridgehead atoms. The molecule has 1 atom stereocenters. The largest absolute Gasteiger partial charge is 0.340 e. The number of rotatable bonds is 5. The van der Waals surface area contributed by atoms with Gasteiger partial charge in [-0.15, -0.1) is 0 Å². The molecule has 5 nitrogen and oxygen atoms in total. The third-order valence-corrected chi connectivity index (χ3v) is 3.44. The summed E-state index contributed by atoms with van der Waals surface area (Å²) in [4.78, 5) is 14.1. The predicted molar refractivity (Wildman–Crippen MR) is 70.1 cm³/mol. The molecule has 0 saturated carbocycles. The molecule has 2 rings (SSSR count). The quantitative estimate of drug-likeness (QED) is 0.844. The molecule has 1 N–H and O–H groups in total. The maximum atomic E-state index is 12.2. The van der Waals surface area contributed by atoms with Crippen LogP contribution in [0.4, 0.5) is 0 Å². The summed E-state index contributed by atoms with van der Waals surface area (Å²) in [6, 6.07) is 2.30. The van der Waals surface area contributed by atoms with Crippen molar-refractivity contribution in [2.45, 2.75) is 38.8 Å². The molecule has 1 aromatic rings. The third-order valence-electron chi connectivity index (χ3n) is 3.44. The van der Waals surface area contributed by atoms with Crippen molar-refractivity contribution in [2.75, 3.05) is 19.6 Å². The van der Waals surface area contributed by atoms with E-state index in [9.17, 15) is 4.79 Å². The highest BCUT2D eigenvalue weighted by Gasteiger charge is 2.19. The summed E-state index contributed by atoms with van der Waals surface area (Å²) >= 11 is 0. The van der Waals surface area contributed by atoms with Gasteiger partial charge in [-0.25, -0.2) is 0 Å². The molecule has 100 valence electrons. The van der Waals surface area contributed by atoms with Crippen molar-refractivity contribution in [2.24, 2.45) is 0 Å². The van der Waals surface area contributed by atoms with E-state index in [1.54, 1.807) is 10.9 Å². The summed E-state index contributed by atoms with van der Waals surface area (Å²) in [5.41, 5.74) is 0. The number of likely N-dealkylation sites (N-methyl/N-ethyl adjacent to an activating group) is 1. The van der Waals surface area contributed by atoms with E-state index < -0.39 is 0 Å². The van der Waals surface area contributed by atoms with Crippen LogP contribution in [-0.4, -0.2) is 46.3 Å². The highest BCUT2D eigenvalue weighted by Crippen LogP contribution is 2.09. The molecule has 1 saturated heterocycles. The van der Waals surface area contributed by atoms with Gasteiger partial charge in [0.2, 0.25) is 5.91 Å². The molecule has 1 aliphatic rings. The second kappa shape index (κ2) is 6.54. The van der Waals surface area contributed by atoms with Crippen LogP contribution >= 0.6 is 0 Å². The maximum Gasteiger partial charge on any atom is 0.244 e. The first-order chi connectivity index (χ1) is 8.79. The molecule has 2 heterocycles. The number of amides is 1. The van der Waals surface area contributed by atoms with Gasteiger partial charge < -0.3 is 10.2 Å². The summed E-state index contributed by atoms with van der Waals surface area (Å²) in [7, 11) is 0. The number of piperidine rings is 1. The van der Waals surface area contributed by atoms with E-state index in [0.717, 1.165) is 19.6 Å². The molecule has 1 aliphatic heterocycles. The Bertz CT molecular complexity index is 357. The Hall–Kier alpha value is -1.36. The molecular formula is C13H22N4O. The number of hydrogen-bond donors (Lipinski definition) is 1. The third kappa shape index (κ3) is 3.57. The lowest BCUT2D eigenvalue weighted by Gasteiger charge is -2.30. The van der Waals surface area contributed by atoms with Crippen LogP contribution in [0, 0.1) is 0 Å². The lowest BCUT2D eigenvalue weighted by molar-refractivity contribution is -0.132. The molecule has 1 aromatic heterocycles. The SMILES string of the molecule is CCN(CC1CCCCN1)C(=O)Cn1cccn1. The standard InChI is InChI=1S/C13H22N4O/c1-2-16(10-12-6-3-4-7-14-12)13(18)11-17-9-5-8-15-17/h5,8-9,12,14H,2-4,6-7,10-11H2,1H3. The smallest absolute Gasteiger partial charge is 0.244 e. The highest BCUT2D eigenvalue weighted by atomic mass is 16.2. The lowest BCUT2D eigenvalue weighted by atomic mass is 10.0. The fourth-order valence-electron chi connectivity index (χ4n) is 2.39. The number of aromatic nitrogens is 2. The number of carbonyl (C=O) groups excluding carboxylic acids is 1. The topological polar surface area (TPSA) is 50.2 Å². The zero-order valence-electron chi connectivity index (χ0n) is 11.0. The first kappa shape index (κ1) is 13.1. The van der Waals surface area contributed by atoms with Gasteiger partial charge in [0.15, 0.2) is 0 Å². The Balaban J connectivity index is 1.85. The van der Waals surface area contributed by atoms with Crippen LogP contribution < -0.4 is 5.32 Å². The first-order valence-corrected chi connectivity index (χ1v) is 6.78. The number of nitrogens with one attached hydrogen (secondary N) is 1. The normalized spacial score (nSPS) is 19.7. The molecule has 0 radical (unpaired) electrons. The zero-order valence-corrected chi connectivity index (χ0v) is 11.0. The molecule has 0 aliphatic carbocycles. The second-order valence-corrected chi connectivity index (χ2v) is 4.78. The first-order valence-electron chi connectivity index (χ1n) is 6.78. The Labute approximate surface area is 108 Å². The van der Waals surface area contributed by atoms with Crippen LogP contribution in [0.25, 0.3) is 0 Å². The molecule has 1 unspecified atom stereocenters. The zero-order chi connectivity index (χ0) is 12.8.